The first-order valence-corrected chi connectivity index (χ1v) is 5.94. The average molecular weight is 199 g/mol. The fraction of sp³-hybridized carbons (Fsp3) is 1.00. The van der Waals surface area contributed by atoms with Crippen LogP contribution in [0.4, 0.5) is 0 Å². The molecule has 0 unspecified atom stereocenters. The predicted molar refractivity (Wildman–Crippen MR) is 61.7 cm³/mol. The summed E-state index contributed by atoms with van der Waals surface area (Å²) >= 11 is 0. The molecule has 1 aliphatic heterocycles. The van der Waals surface area contributed by atoms with E-state index in [9.17, 15) is 0 Å². The summed E-state index contributed by atoms with van der Waals surface area (Å²) in [5.41, 5.74) is 0. The molecule has 0 aromatic carbocycles. The van der Waals surface area contributed by atoms with Crippen LogP contribution in [0.5, 0.6) is 0 Å². The van der Waals surface area contributed by atoms with Crippen molar-refractivity contribution in [3.05, 3.63) is 0 Å². The van der Waals surface area contributed by atoms with E-state index >= 15 is 0 Å². The predicted octanol–water partition coefficient (Wildman–Crippen LogP) is 0.624. The van der Waals surface area contributed by atoms with E-state index in [2.05, 4.69) is 29.1 Å². The van der Waals surface area contributed by atoms with Gasteiger partial charge in [-0.05, 0) is 39.5 Å². The molecule has 3 heteroatoms. The highest BCUT2D eigenvalue weighted by molar-refractivity contribution is 4.67. The van der Waals surface area contributed by atoms with E-state index in [4.69, 9.17) is 0 Å². The smallest absolute Gasteiger partial charge is 0.0109 e. The quantitative estimate of drug-likeness (QED) is 0.607. The lowest BCUT2D eigenvalue weighted by molar-refractivity contribution is 0.257. The number of hydrogen-bond donors (Lipinski definition) is 1. The minimum absolute atomic E-state index is 1.08. The molecule has 1 saturated heterocycles. The molecule has 0 radical (unpaired) electrons. The lowest BCUT2D eigenvalue weighted by Gasteiger charge is -2.21. The minimum atomic E-state index is 1.08. The van der Waals surface area contributed by atoms with Crippen molar-refractivity contribution in [1.29, 1.82) is 0 Å². The largest absolute Gasteiger partial charge is 0.316 e. The summed E-state index contributed by atoms with van der Waals surface area (Å²) in [6.45, 7) is 10.6. The van der Waals surface area contributed by atoms with Crippen molar-refractivity contribution < 1.29 is 0 Å². The Kier molecular flexibility index (Phi) is 6.15. The second kappa shape index (κ2) is 7.21. The molecular formula is C11H25N3. The van der Waals surface area contributed by atoms with E-state index < -0.39 is 0 Å². The van der Waals surface area contributed by atoms with Crippen LogP contribution in [0, 0.1) is 0 Å². The molecule has 0 aromatic rings. The third kappa shape index (κ3) is 4.94. The first-order valence-electron chi connectivity index (χ1n) is 5.94. The highest BCUT2D eigenvalue weighted by Gasteiger charge is 2.11. The van der Waals surface area contributed by atoms with Crippen LogP contribution < -0.4 is 5.32 Å². The summed E-state index contributed by atoms with van der Waals surface area (Å²) in [6.07, 6.45) is 2.81. The second-order valence-electron chi connectivity index (χ2n) is 4.21. The van der Waals surface area contributed by atoms with Crippen molar-refractivity contribution in [1.82, 2.24) is 15.1 Å². The van der Waals surface area contributed by atoms with Crippen molar-refractivity contribution in [2.45, 2.75) is 19.8 Å². The Morgan fingerprint density at radius 1 is 1.21 bits per heavy atom. The molecule has 1 fully saturated rings. The van der Waals surface area contributed by atoms with E-state index in [0.29, 0.717) is 0 Å². The molecular weight excluding hydrogens is 174 g/mol. The normalized spacial score (nSPS) is 18.2. The number of nitrogens with zero attached hydrogens (tertiary/aromatic N) is 2. The molecule has 1 rings (SSSR count). The monoisotopic (exact) mass is 199 g/mol. The summed E-state index contributed by atoms with van der Waals surface area (Å²) in [5, 5.41) is 3.35. The number of rotatable bonds is 7. The Morgan fingerprint density at radius 3 is 2.57 bits per heavy atom. The zero-order chi connectivity index (χ0) is 10.2. The Labute approximate surface area is 88.5 Å². The molecule has 0 aliphatic carbocycles. The topological polar surface area (TPSA) is 18.5 Å². The fourth-order valence-electron chi connectivity index (χ4n) is 1.88. The third-order valence-corrected chi connectivity index (χ3v) is 2.92. The molecule has 0 saturated carbocycles. The molecule has 0 atom stereocenters. The second-order valence-corrected chi connectivity index (χ2v) is 4.21. The van der Waals surface area contributed by atoms with Gasteiger partial charge in [-0.1, -0.05) is 6.92 Å². The maximum Gasteiger partial charge on any atom is 0.0109 e. The Hall–Kier alpha value is -0.120. The van der Waals surface area contributed by atoms with E-state index in [1.54, 1.807) is 0 Å². The molecule has 0 amide bonds. The summed E-state index contributed by atoms with van der Waals surface area (Å²) in [4.78, 5) is 4.99. The highest BCUT2D eigenvalue weighted by Crippen LogP contribution is 2.06. The van der Waals surface area contributed by atoms with Gasteiger partial charge in [-0.15, -0.1) is 0 Å². The van der Waals surface area contributed by atoms with Crippen LogP contribution in [0.2, 0.25) is 0 Å². The van der Waals surface area contributed by atoms with Crippen molar-refractivity contribution in [2.24, 2.45) is 0 Å². The van der Waals surface area contributed by atoms with Crippen LogP contribution in [0.3, 0.4) is 0 Å². The summed E-state index contributed by atoms with van der Waals surface area (Å²) in [5.74, 6) is 0. The first kappa shape index (κ1) is 12.0. The van der Waals surface area contributed by atoms with Gasteiger partial charge in [-0.25, -0.2) is 0 Å². The number of likely N-dealkylation sites (N-methyl/N-ethyl adjacent to an activating group) is 2. The van der Waals surface area contributed by atoms with Gasteiger partial charge in [-0.2, -0.15) is 0 Å². The maximum absolute atomic E-state index is 3.35. The van der Waals surface area contributed by atoms with Gasteiger partial charge in [0.1, 0.15) is 0 Å². The lowest BCUT2D eigenvalue weighted by Crippen LogP contribution is -2.35. The van der Waals surface area contributed by atoms with Gasteiger partial charge in [0, 0.05) is 26.2 Å². The van der Waals surface area contributed by atoms with Gasteiger partial charge in [0.15, 0.2) is 0 Å². The molecule has 0 spiro atoms. The highest BCUT2D eigenvalue weighted by atomic mass is 15.2. The Morgan fingerprint density at radius 2 is 1.93 bits per heavy atom. The molecule has 0 aromatic heterocycles. The van der Waals surface area contributed by atoms with Gasteiger partial charge < -0.3 is 15.1 Å². The van der Waals surface area contributed by atoms with Gasteiger partial charge in [0.2, 0.25) is 0 Å². The number of hydrogen-bond acceptors (Lipinski definition) is 3. The van der Waals surface area contributed by atoms with Gasteiger partial charge in [0.05, 0.1) is 0 Å². The zero-order valence-electron chi connectivity index (χ0n) is 9.76. The van der Waals surface area contributed by atoms with Gasteiger partial charge in [0.25, 0.3) is 0 Å². The van der Waals surface area contributed by atoms with Crippen molar-refractivity contribution in [3.63, 3.8) is 0 Å². The van der Waals surface area contributed by atoms with Crippen LogP contribution in [-0.4, -0.2) is 62.7 Å². The standard InChI is InChI=1S/C11H25N3/c1-3-12-6-9-13(2)10-11-14-7-4-5-8-14/h12H,3-11H2,1-2H3. The molecule has 1 heterocycles. The molecule has 3 nitrogen and oxygen atoms in total. The van der Waals surface area contributed by atoms with Crippen LogP contribution in [-0.2, 0) is 0 Å². The molecule has 1 aliphatic rings. The fourth-order valence-corrected chi connectivity index (χ4v) is 1.88. The Balaban J connectivity index is 1.93. The minimum Gasteiger partial charge on any atom is -0.316 e. The molecule has 1 N–H and O–H groups in total. The first-order chi connectivity index (χ1) is 6.83. The van der Waals surface area contributed by atoms with Gasteiger partial charge in [-0.3, -0.25) is 0 Å². The lowest BCUT2D eigenvalue weighted by atomic mass is 10.4. The van der Waals surface area contributed by atoms with Crippen LogP contribution in [0.25, 0.3) is 0 Å². The molecule has 84 valence electrons. The van der Waals surface area contributed by atoms with Crippen LogP contribution in [0.15, 0.2) is 0 Å². The average Bonchev–Trinajstić information content (AvgIpc) is 2.68. The van der Waals surface area contributed by atoms with E-state index in [1.807, 2.05) is 0 Å². The molecule has 14 heavy (non-hydrogen) atoms. The van der Waals surface area contributed by atoms with Crippen LogP contribution in [0.1, 0.15) is 19.8 Å². The summed E-state index contributed by atoms with van der Waals surface area (Å²) in [7, 11) is 2.22. The van der Waals surface area contributed by atoms with Crippen molar-refractivity contribution >= 4 is 0 Å². The maximum atomic E-state index is 3.35. The summed E-state index contributed by atoms with van der Waals surface area (Å²) < 4.78 is 0. The van der Waals surface area contributed by atoms with Crippen molar-refractivity contribution in [2.75, 3.05) is 52.9 Å². The SMILES string of the molecule is CCNCCN(C)CCN1CCCC1. The number of likely N-dealkylation sites (tertiary alicyclic amines) is 1. The number of nitrogens with one attached hydrogen (secondary N) is 1. The third-order valence-electron chi connectivity index (χ3n) is 2.92. The zero-order valence-corrected chi connectivity index (χ0v) is 9.76. The van der Waals surface area contributed by atoms with E-state index in [1.165, 1.54) is 45.6 Å². The van der Waals surface area contributed by atoms with Crippen LogP contribution >= 0.6 is 0 Å². The van der Waals surface area contributed by atoms with Gasteiger partial charge >= 0.3 is 0 Å². The van der Waals surface area contributed by atoms with E-state index in [-0.39, 0.29) is 0 Å². The summed E-state index contributed by atoms with van der Waals surface area (Å²) in [6, 6.07) is 0. The molecule has 0 bridgehead atoms. The Bertz CT molecular complexity index is 132. The van der Waals surface area contributed by atoms with Crippen molar-refractivity contribution in [3.8, 4) is 0 Å². The van der Waals surface area contributed by atoms with E-state index in [0.717, 1.165) is 13.1 Å².